The van der Waals surface area contributed by atoms with Gasteiger partial charge < -0.3 is 9.13 Å². The van der Waals surface area contributed by atoms with E-state index in [9.17, 15) is 8.42 Å². The summed E-state index contributed by atoms with van der Waals surface area (Å²) >= 11 is 1.68. The molecule has 0 bridgehead atoms. The molecule has 1 aliphatic rings. The predicted molar refractivity (Wildman–Crippen MR) is 106 cm³/mol. The van der Waals surface area contributed by atoms with Gasteiger partial charge in [-0.1, -0.05) is 11.8 Å². The average molecular weight is 406 g/mol. The molecule has 144 valence electrons. The lowest BCUT2D eigenvalue weighted by molar-refractivity contribution is 0.521. The maximum absolute atomic E-state index is 12.4. The number of hydrogen-bond donors (Lipinski definition) is 0. The summed E-state index contributed by atoms with van der Waals surface area (Å²) < 4.78 is 30.4. The smallest absolute Gasteiger partial charge is 0.242 e. The van der Waals surface area contributed by atoms with Crippen molar-refractivity contribution in [1.29, 1.82) is 0 Å². The molecule has 1 fully saturated rings. The maximum atomic E-state index is 12.4. The Morgan fingerprint density at radius 1 is 1.30 bits per heavy atom. The van der Waals surface area contributed by atoms with Gasteiger partial charge in [0.25, 0.3) is 0 Å². The molecule has 2 heterocycles. The average Bonchev–Trinajstić information content (AvgIpc) is 3.27. The van der Waals surface area contributed by atoms with Crippen molar-refractivity contribution in [3.05, 3.63) is 36.4 Å². The minimum absolute atomic E-state index is 0.268. The number of imidazole rings is 2. The zero-order valence-electron chi connectivity index (χ0n) is 15.7. The highest BCUT2D eigenvalue weighted by atomic mass is 32.2. The van der Waals surface area contributed by atoms with Gasteiger partial charge in [0.05, 0.1) is 21.7 Å². The summed E-state index contributed by atoms with van der Waals surface area (Å²) in [5.74, 6) is 1.63. The van der Waals surface area contributed by atoms with Crippen molar-refractivity contribution in [3.63, 3.8) is 0 Å². The Kier molecular flexibility index (Phi) is 4.77. The van der Waals surface area contributed by atoms with Gasteiger partial charge in [-0.15, -0.1) is 0 Å². The third-order valence-electron chi connectivity index (χ3n) is 4.80. The molecule has 3 aromatic rings. The first-order chi connectivity index (χ1) is 12.9. The molecule has 27 heavy (non-hydrogen) atoms. The molecule has 0 saturated heterocycles. The van der Waals surface area contributed by atoms with Gasteiger partial charge in [-0.25, -0.2) is 22.7 Å². The van der Waals surface area contributed by atoms with Crippen LogP contribution in [0.25, 0.3) is 11.0 Å². The zero-order chi connectivity index (χ0) is 19.2. The summed E-state index contributed by atoms with van der Waals surface area (Å²) in [6.07, 6.45) is 6.34. The molecular weight excluding hydrogens is 382 g/mol. The molecular formula is C18H23N5O2S2. The summed E-state index contributed by atoms with van der Waals surface area (Å²) in [5, 5.41) is 1.02. The number of thioether (sulfide) groups is 1. The number of aryl methyl sites for hydroxylation is 1. The van der Waals surface area contributed by atoms with E-state index in [1.807, 2.05) is 18.5 Å². The summed E-state index contributed by atoms with van der Waals surface area (Å²) in [7, 11) is -0.397. The van der Waals surface area contributed by atoms with E-state index < -0.39 is 10.0 Å². The van der Waals surface area contributed by atoms with Crippen molar-refractivity contribution in [2.45, 2.75) is 48.2 Å². The summed E-state index contributed by atoms with van der Waals surface area (Å²) in [6.45, 7) is 2.86. The first-order valence-electron chi connectivity index (χ1n) is 8.99. The van der Waals surface area contributed by atoms with Crippen LogP contribution in [0.1, 0.15) is 31.6 Å². The van der Waals surface area contributed by atoms with Crippen molar-refractivity contribution in [2.24, 2.45) is 0 Å². The van der Waals surface area contributed by atoms with Crippen molar-refractivity contribution in [1.82, 2.24) is 23.4 Å². The van der Waals surface area contributed by atoms with Crippen molar-refractivity contribution < 1.29 is 8.42 Å². The molecule has 1 aromatic carbocycles. The lowest BCUT2D eigenvalue weighted by Gasteiger charge is -2.11. The van der Waals surface area contributed by atoms with E-state index in [0.29, 0.717) is 17.3 Å². The van der Waals surface area contributed by atoms with Crippen LogP contribution in [0.15, 0.2) is 40.6 Å². The molecule has 0 unspecified atom stereocenters. The Hall–Kier alpha value is -1.84. The quantitative estimate of drug-likeness (QED) is 0.565. The van der Waals surface area contributed by atoms with E-state index in [0.717, 1.165) is 23.0 Å². The van der Waals surface area contributed by atoms with Crippen molar-refractivity contribution in [2.75, 3.05) is 14.1 Å². The number of hydrogen-bond acceptors (Lipinski definition) is 5. The second-order valence-electron chi connectivity index (χ2n) is 6.85. The molecule has 0 radical (unpaired) electrons. The Balaban J connectivity index is 1.65. The van der Waals surface area contributed by atoms with Gasteiger partial charge in [-0.3, -0.25) is 0 Å². The van der Waals surface area contributed by atoms with E-state index in [2.05, 4.69) is 21.0 Å². The van der Waals surface area contributed by atoms with Crippen LogP contribution in [0.5, 0.6) is 0 Å². The van der Waals surface area contributed by atoms with E-state index in [1.54, 1.807) is 23.9 Å². The van der Waals surface area contributed by atoms with Gasteiger partial charge >= 0.3 is 0 Å². The molecule has 0 atom stereocenters. The second-order valence-corrected chi connectivity index (χ2v) is 9.94. The van der Waals surface area contributed by atoms with Crippen LogP contribution in [0.3, 0.4) is 0 Å². The minimum Gasteiger partial charge on any atom is -0.328 e. The Morgan fingerprint density at radius 3 is 2.74 bits per heavy atom. The number of aromatic nitrogens is 4. The van der Waals surface area contributed by atoms with Crippen LogP contribution in [0.4, 0.5) is 0 Å². The lowest BCUT2D eigenvalue weighted by Crippen LogP contribution is -2.22. The van der Waals surface area contributed by atoms with E-state index in [4.69, 9.17) is 4.98 Å². The third kappa shape index (κ3) is 3.39. The van der Waals surface area contributed by atoms with Gasteiger partial charge in [-0.2, -0.15) is 0 Å². The van der Waals surface area contributed by atoms with Crippen LogP contribution < -0.4 is 0 Å². The van der Waals surface area contributed by atoms with Gasteiger partial charge in [-0.05, 0) is 38.0 Å². The fourth-order valence-corrected chi connectivity index (χ4v) is 5.06. The molecule has 4 rings (SSSR count). The highest BCUT2D eigenvalue weighted by Crippen LogP contribution is 2.38. The minimum atomic E-state index is -3.47. The van der Waals surface area contributed by atoms with Crippen molar-refractivity contribution >= 4 is 32.8 Å². The molecule has 2 aromatic heterocycles. The number of fused-ring (bicyclic) bond motifs is 1. The monoisotopic (exact) mass is 405 g/mol. The van der Waals surface area contributed by atoms with Gasteiger partial charge in [0.2, 0.25) is 10.0 Å². The second kappa shape index (κ2) is 6.96. The van der Waals surface area contributed by atoms with Crippen LogP contribution in [-0.4, -0.2) is 45.9 Å². The molecule has 9 heteroatoms. The molecule has 0 N–H and O–H groups in total. The molecule has 0 amide bonds. The first-order valence-corrected chi connectivity index (χ1v) is 11.4. The molecule has 1 aliphatic carbocycles. The highest BCUT2D eigenvalue weighted by molar-refractivity contribution is 7.98. The fraction of sp³-hybridized carbons (Fsp3) is 0.444. The molecule has 1 saturated carbocycles. The van der Waals surface area contributed by atoms with Gasteiger partial charge in [0, 0.05) is 39.1 Å². The largest absolute Gasteiger partial charge is 0.328 e. The zero-order valence-corrected chi connectivity index (χ0v) is 17.3. The Labute approximate surface area is 163 Å². The highest BCUT2D eigenvalue weighted by Gasteiger charge is 2.26. The summed E-state index contributed by atoms with van der Waals surface area (Å²) in [4.78, 5) is 9.47. The summed E-state index contributed by atoms with van der Waals surface area (Å²) in [5.41, 5.74) is 1.66. The molecule has 0 aliphatic heterocycles. The van der Waals surface area contributed by atoms with E-state index >= 15 is 0 Å². The topological polar surface area (TPSA) is 73.0 Å². The van der Waals surface area contributed by atoms with Gasteiger partial charge in [0.1, 0.15) is 5.82 Å². The SMILES string of the molecule is CCn1c(CSc2nccn2C2CC2)nc2cc(S(=O)(=O)N(C)C)ccc21. The normalized spacial score (nSPS) is 15.1. The standard InChI is InChI=1S/C18H23N5O2S2/c1-4-22-16-8-7-14(27(24,25)21(2)3)11-15(16)20-17(22)12-26-18-19-9-10-23(18)13-5-6-13/h7-11,13H,4-6,12H2,1-3H3. The molecule has 0 spiro atoms. The third-order valence-corrected chi connectivity index (χ3v) is 7.59. The maximum Gasteiger partial charge on any atom is 0.242 e. The first kappa shape index (κ1) is 18.5. The number of rotatable bonds is 7. The van der Waals surface area contributed by atoms with Gasteiger partial charge in [0.15, 0.2) is 5.16 Å². The van der Waals surface area contributed by atoms with E-state index in [1.165, 1.54) is 31.2 Å². The van der Waals surface area contributed by atoms with Crippen LogP contribution in [-0.2, 0) is 22.3 Å². The molecule has 7 nitrogen and oxygen atoms in total. The van der Waals surface area contributed by atoms with Crippen LogP contribution in [0, 0.1) is 0 Å². The predicted octanol–water partition coefficient (Wildman–Crippen LogP) is 3.13. The fourth-order valence-electron chi connectivity index (χ4n) is 3.16. The lowest BCUT2D eigenvalue weighted by atomic mass is 10.3. The Morgan fingerprint density at radius 2 is 2.07 bits per heavy atom. The van der Waals surface area contributed by atoms with E-state index in [-0.39, 0.29) is 4.90 Å². The van der Waals surface area contributed by atoms with Crippen molar-refractivity contribution in [3.8, 4) is 0 Å². The van der Waals surface area contributed by atoms with Crippen LogP contribution >= 0.6 is 11.8 Å². The Bertz CT molecular complexity index is 1080. The number of nitrogens with zero attached hydrogens (tertiary/aromatic N) is 5. The number of sulfonamides is 1. The van der Waals surface area contributed by atoms with Crippen LogP contribution in [0.2, 0.25) is 0 Å². The number of benzene rings is 1. The summed E-state index contributed by atoms with van der Waals surface area (Å²) in [6, 6.07) is 5.76.